The summed E-state index contributed by atoms with van der Waals surface area (Å²) in [7, 11) is 0. The highest BCUT2D eigenvalue weighted by molar-refractivity contribution is 6.05. The number of benzene rings is 1. The molecule has 0 radical (unpaired) electrons. The zero-order valence-electron chi connectivity index (χ0n) is 14.6. The third-order valence-electron chi connectivity index (χ3n) is 3.81. The van der Waals surface area contributed by atoms with E-state index in [0.717, 1.165) is 0 Å². The van der Waals surface area contributed by atoms with Crippen LogP contribution in [0.2, 0.25) is 0 Å². The van der Waals surface area contributed by atoms with Gasteiger partial charge in [-0.3, -0.25) is 14.4 Å². The van der Waals surface area contributed by atoms with Gasteiger partial charge in [-0.1, -0.05) is 0 Å². The lowest BCUT2D eigenvalue weighted by molar-refractivity contribution is -0.119. The van der Waals surface area contributed by atoms with Crippen LogP contribution in [0.3, 0.4) is 0 Å². The highest BCUT2D eigenvalue weighted by Crippen LogP contribution is 2.37. The van der Waals surface area contributed by atoms with Gasteiger partial charge in [-0.15, -0.1) is 0 Å². The zero-order valence-corrected chi connectivity index (χ0v) is 14.6. The highest BCUT2D eigenvalue weighted by Gasteiger charge is 2.21. The summed E-state index contributed by atoms with van der Waals surface area (Å²) in [4.78, 5) is 49.7. The Kier molecular flexibility index (Phi) is 4.93. The minimum Gasteiger partial charge on any atom is -0.454 e. The van der Waals surface area contributed by atoms with Gasteiger partial charge in [-0.25, -0.2) is 4.79 Å². The summed E-state index contributed by atoms with van der Waals surface area (Å²) < 4.78 is 15.4. The number of amides is 1. The molecular formula is C18H16N2O7. The first-order valence-corrected chi connectivity index (χ1v) is 7.96. The number of anilines is 1. The fourth-order valence-corrected chi connectivity index (χ4v) is 2.45. The molecule has 1 aromatic heterocycles. The van der Waals surface area contributed by atoms with Crippen LogP contribution in [0.1, 0.15) is 45.1 Å². The SMILES string of the molecule is CC(=O)c1c[nH]c(C(=O)OCC(=O)Nc2cc3c(cc2C(C)=O)OCO3)c1. The summed E-state index contributed by atoms with van der Waals surface area (Å²) >= 11 is 0. The monoisotopic (exact) mass is 372 g/mol. The molecule has 0 unspecified atom stereocenters. The molecule has 2 N–H and O–H groups in total. The van der Waals surface area contributed by atoms with Crippen molar-refractivity contribution in [1.29, 1.82) is 0 Å². The number of hydrogen-bond acceptors (Lipinski definition) is 7. The number of aromatic amines is 1. The Morgan fingerprint density at radius 1 is 1.07 bits per heavy atom. The average Bonchev–Trinajstić information content (AvgIpc) is 3.27. The Hall–Kier alpha value is -3.62. The number of Topliss-reactive ketones (excluding diaryl/α,β-unsaturated/α-hetero) is 2. The van der Waals surface area contributed by atoms with Gasteiger partial charge in [0.1, 0.15) is 5.69 Å². The first-order valence-electron chi connectivity index (χ1n) is 7.96. The van der Waals surface area contributed by atoms with Crippen molar-refractivity contribution in [3.8, 4) is 11.5 Å². The van der Waals surface area contributed by atoms with E-state index in [9.17, 15) is 19.2 Å². The maximum atomic E-state index is 12.1. The third-order valence-corrected chi connectivity index (χ3v) is 3.81. The molecule has 1 aliphatic rings. The van der Waals surface area contributed by atoms with Crippen molar-refractivity contribution < 1.29 is 33.4 Å². The molecule has 9 nitrogen and oxygen atoms in total. The van der Waals surface area contributed by atoms with Crippen LogP contribution in [0.4, 0.5) is 5.69 Å². The van der Waals surface area contributed by atoms with Crippen molar-refractivity contribution in [2.75, 3.05) is 18.7 Å². The van der Waals surface area contributed by atoms with Crippen molar-refractivity contribution in [2.24, 2.45) is 0 Å². The zero-order chi connectivity index (χ0) is 19.6. The van der Waals surface area contributed by atoms with Crippen molar-refractivity contribution >= 4 is 29.1 Å². The molecule has 0 bridgehead atoms. The average molecular weight is 372 g/mol. The van der Waals surface area contributed by atoms with E-state index < -0.39 is 18.5 Å². The van der Waals surface area contributed by atoms with Crippen LogP contribution in [0.15, 0.2) is 24.4 Å². The largest absolute Gasteiger partial charge is 0.454 e. The molecule has 1 aromatic carbocycles. The molecule has 0 aliphatic carbocycles. The maximum Gasteiger partial charge on any atom is 0.355 e. The number of nitrogens with one attached hydrogen (secondary N) is 2. The molecule has 0 spiro atoms. The number of esters is 1. The molecule has 140 valence electrons. The van der Waals surface area contributed by atoms with Crippen LogP contribution in [0.25, 0.3) is 0 Å². The van der Waals surface area contributed by atoms with E-state index in [1.54, 1.807) is 0 Å². The maximum absolute atomic E-state index is 12.1. The van der Waals surface area contributed by atoms with E-state index in [4.69, 9.17) is 14.2 Å². The highest BCUT2D eigenvalue weighted by atomic mass is 16.7. The van der Waals surface area contributed by atoms with Crippen LogP contribution < -0.4 is 14.8 Å². The molecule has 2 aromatic rings. The lowest BCUT2D eigenvalue weighted by Crippen LogP contribution is -2.22. The number of aromatic nitrogens is 1. The molecule has 2 heterocycles. The lowest BCUT2D eigenvalue weighted by Gasteiger charge is -2.10. The Balaban J connectivity index is 1.64. The number of fused-ring (bicyclic) bond motifs is 1. The Labute approximate surface area is 153 Å². The van der Waals surface area contributed by atoms with E-state index in [2.05, 4.69) is 10.3 Å². The molecule has 0 saturated heterocycles. The molecule has 0 saturated carbocycles. The fraction of sp³-hybridized carbons (Fsp3) is 0.222. The van der Waals surface area contributed by atoms with Gasteiger partial charge in [0.2, 0.25) is 6.79 Å². The molecule has 1 aliphatic heterocycles. The molecule has 3 rings (SSSR count). The fourth-order valence-electron chi connectivity index (χ4n) is 2.45. The predicted octanol–water partition coefficient (Wildman–Crippen LogP) is 1.94. The van der Waals surface area contributed by atoms with Crippen molar-refractivity contribution in [2.45, 2.75) is 13.8 Å². The first-order chi connectivity index (χ1) is 12.8. The normalized spacial score (nSPS) is 11.8. The summed E-state index contributed by atoms with van der Waals surface area (Å²) in [5.74, 6) is -1.09. The van der Waals surface area contributed by atoms with Crippen molar-refractivity contribution in [3.63, 3.8) is 0 Å². The van der Waals surface area contributed by atoms with E-state index in [1.165, 1.54) is 38.2 Å². The third kappa shape index (κ3) is 3.97. The number of rotatable bonds is 6. The number of carbonyl (C=O) groups is 4. The second-order valence-corrected chi connectivity index (χ2v) is 5.79. The van der Waals surface area contributed by atoms with Crippen molar-refractivity contribution in [1.82, 2.24) is 4.98 Å². The molecule has 0 fully saturated rings. The smallest absolute Gasteiger partial charge is 0.355 e. The van der Waals surface area contributed by atoms with Gasteiger partial charge in [0.15, 0.2) is 29.7 Å². The summed E-state index contributed by atoms with van der Waals surface area (Å²) in [5.41, 5.74) is 0.860. The van der Waals surface area contributed by atoms with E-state index in [-0.39, 0.29) is 35.3 Å². The summed E-state index contributed by atoms with van der Waals surface area (Å²) in [5, 5.41) is 2.51. The second-order valence-electron chi connectivity index (χ2n) is 5.79. The Bertz CT molecular complexity index is 945. The number of H-pyrrole nitrogens is 1. The summed E-state index contributed by atoms with van der Waals surface area (Å²) in [6, 6.07) is 4.30. The Morgan fingerprint density at radius 2 is 1.78 bits per heavy atom. The van der Waals surface area contributed by atoms with Crippen LogP contribution in [0, 0.1) is 0 Å². The van der Waals surface area contributed by atoms with Gasteiger partial charge in [0.05, 0.1) is 5.69 Å². The van der Waals surface area contributed by atoms with Gasteiger partial charge in [0, 0.05) is 23.4 Å². The quantitative estimate of drug-likeness (QED) is 0.586. The predicted molar refractivity (Wildman–Crippen MR) is 92.3 cm³/mol. The molecule has 1 amide bonds. The van der Waals surface area contributed by atoms with E-state index in [1.807, 2.05) is 0 Å². The van der Waals surface area contributed by atoms with Gasteiger partial charge < -0.3 is 24.5 Å². The van der Waals surface area contributed by atoms with Gasteiger partial charge in [0.25, 0.3) is 5.91 Å². The van der Waals surface area contributed by atoms with Gasteiger partial charge in [-0.05, 0) is 26.0 Å². The minimum absolute atomic E-state index is 0.0279. The van der Waals surface area contributed by atoms with E-state index in [0.29, 0.717) is 17.1 Å². The molecular weight excluding hydrogens is 356 g/mol. The minimum atomic E-state index is -0.782. The lowest BCUT2D eigenvalue weighted by atomic mass is 10.1. The van der Waals surface area contributed by atoms with Crippen LogP contribution in [-0.4, -0.2) is 41.8 Å². The topological polar surface area (TPSA) is 124 Å². The molecule has 9 heteroatoms. The first kappa shape index (κ1) is 18.2. The van der Waals surface area contributed by atoms with Gasteiger partial charge >= 0.3 is 5.97 Å². The number of ether oxygens (including phenoxy) is 3. The molecule has 0 atom stereocenters. The number of carbonyl (C=O) groups excluding carboxylic acids is 4. The van der Waals surface area contributed by atoms with E-state index >= 15 is 0 Å². The number of ketones is 2. The van der Waals surface area contributed by atoms with Crippen LogP contribution >= 0.6 is 0 Å². The standard InChI is InChI=1S/C18H16N2O7/c1-9(21)11-3-14(19-6-11)18(24)25-7-17(23)20-13-5-16-15(26-8-27-16)4-12(13)10(2)22/h3-6,19H,7-8H2,1-2H3,(H,20,23). The van der Waals surface area contributed by atoms with Crippen molar-refractivity contribution in [3.05, 3.63) is 41.2 Å². The van der Waals surface area contributed by atoms with Crippen LogP contribution in [-0.2, 0) is 9.53 Å². The second kappa shape index (κ2) is 7.32. The Morgan fingerprint density at radius 3 is 2.41 bits per heavy atom. The number of hydrogen-bond donors (Lipinski definition) is 2. The summed E-state index contributed by atoms with van der Waals surface area (Å²) in [6.45, 7) is 2.17. The molecule has 27 heavy (non-hydrogen) atoms. The summed E-state index contributed by atoms with van der Waals surface area (Å²) in [6.07, 6.45) is 1.38. The van der Waals surface area contributed by atoms with Gasteiger partial charge in [-0.2, -0.15) is 0 Å². The van der Waals surface area contributed by atoms with Crippen LogP contribution in [0.5, 0.6) is 11.5 Å².